The molecule has 88 valence electrons. The maximum Gasteiger partial charge on any atom is 0.0897 e. The zero-order valence-corrected chi connectivity index (χ0v) is 10.7. The summed E-state index contributed by atoms with van der Waals surface area (Å²) in [5, 5.41) is 4.81. The molecule has 0 aromatic carbocycles. The van der Waals surface area contributed by atoms with Gasteiger partial charge in [0.25, 0.3) is 0 Å². The van der Waals surface area contributed by atoms with Gasteiger partial charge < -0.3 is 5.32 Å². The molecule has 1 aromatic heterocycles. The lowest BCUT2D eigenvalue weighted by molar-refractivity contribution is 0.379. The first-order chi connectivity index (χ1) is 7.83. The van der Waals surface area contributed by atoms with Crippen LogP contribution in [0.3, 0.4) is 0 Å². The third-order valence-corrected chi connectivity index (χ3v) is 4.72. The number of rotatable bonds is 6. The van der Waals surface area contributed by atoms with Crippen LogP contribution in [0.5, 0.6) is 0 Å². The second-order valence-electron chi connectivity index (χ2n) is 5.32. The average Bonchev–Trinajstić information content (AvgIpc) is 3.15. The summed E-state index contributed by atoms with van der Waals surface area (Å²) in [7, 11) is 0. The quantitative estimate of drug-likeness (QED) is 0.821. The van der Waals surface area contributed by atoms with Gasteiger partial charge in [0.2, 0.25) is 0 Å². The molecule has 1 N–H and O–H groups in total. The lowest BCUT2D eigenvalue weighted by Crippen LogP contribution is -2.24. The molecule has 3 heteroatoms. The molecule has 0 spiro atoms. The largest absolute Gasteiger partial charge is 0.312 e. The highest BCUT2D eigenvalue weighted by atomic mass is 32.1. The van der Waals surface area contributed by atoms with E-state index >= 15 is 0 Å². The molecule has 0 aliphatic heterocycles. The molecule has 2 nitrogen and oxygen atoms in total. The van der Waals surface area contributed by atoms with Crippen LogP contribution in [0.25, 0.3) is 0 Å². The van der Waals surface area contributed by atoms with Crippen LogP contribution in [0.1, 0.15) is 35.6 Å². The highest BCUT2D eigenvalue weighted by Crippen LogP contribution is 2.48. The van der Waals surface area contributed by atoms with Crippen molar-refractivity contribution in [3.63, 3.8) is 0 Å². The van der Waals surface area contributed by atoms with E-state index in [9.17, 15) is 0 Å². The summed E-state index contributed by atoms with van der Waals surface area (Å²) >= 11 is 1.81. The Hall–Kier alpha value is -0.410. The first-order valence-electron chi connectivity index (χ1n) is 6.45. The Kier molecular flexibility index (Phi) is 2.99. The number of nitrogens with zero attached hydrogens (tertiary/aromatic N) is 1. The minimum Gasteiger partial charge on any atom is -0.312 e. The van der Waals surface area contributed by atoms with Crippen molar-refractivity contribution in [3.8, 4) is 0 Å². The van der Waals surface area contributed by atoms with Gasteiger partial charge in [-0.1, -0.05) is 0 Å². The van der Waals surface area contributed by atoms with Crippen molar-refractivity contribution >= 4 is 11.3 Å². The Balaban J connectivity index is 1.44. The van der Waals surface area contributed by atoms with Crippen LogP contribution in [-0.4, -0.2) is 11.5 Å². The SMILES string of the molecule is Cc1ncc(CNCC(C2CC2)C2CC2)s1. The summed E-state index contributed by atoms with van der Waals surface area (Å²) in [6.07, 6.45) is 7.96. The molecule has 0 saturated heterocycles. The van der Waals surface area contributed by atoms with Crippen molar-refractivity contribution in [2.75, 3.05) is 6.54 Å². The first-order valence-corrected chi connectivity index (χ1v) is 7.26. The van der Waals surface area contributed by atoms with E-state index in [2.05, 4.69) is 17.2 Å². The van der Waals surface area contributed by atoms with Crippen LogP contribution in [0.15, 0.2) is 6.20 Å². The standard InChI is InChI=1S/C13H20N2S/c1-9-15-7-12(16-9)6-14-8-13(10-2-3-10)11-4-5-11/h7,10-11,13-14H,2-6,8H2,1H3. The topological polar surface area (TPSA) is 24.9 Å². The van der Waals surface area contributed by atoms with Gasteiger partial charge >= 0.3 is 0 Å². The van der Waals surface area contributed by atoms with Crippen LogP contribution in [0.4, 0.5) is 0 Å². The van der Waals surface area contributed by atoms with E-state index in [1.165, 1.54) is 42.1 Å². The van der Waals surface area contributed by atoms with E-state index in [0.717, 1.165) is 24.3 Å². The fourth-order valence-corrected chi connectivity index (χ4v) is 3.38. The van der Waals surface area contributed by atoms with E-state index < -0.39 is 0 Å². The van der Waals surface area contributed by atoms with Crippen molar-refractivity contribution in [1.82, 2.24) is 10.3 Å². The molecule has 0 unspecified atom stereocenters. The second-order valence-corrected chi connectivity index (χ2v) is 6.63. The number of nitrogens with one attached hydrogen (secondary N) is 1. The third-order valence-electron chi connectivity index (χ3n) is 3.80. The van der Waals surface area contributed by atoms with Crippen molar-refractivity contribution in [2.24, 2.45) is 17.8 Å². The van der Waals surface area contributed by atoms with E-state index in [1.807, 2.05) is 17.5 Å². The van der Waals surface area contributed by atoms with Gasteiger partial charge in [-0.15, -0.1) is 11.3 Å². The third kappa shape index (κ3) is 2.64. The van der Waals surface area contributed by atoms with E-state index in [-0.39, 0.29) is 0 Å². The number of hydrogen-bond acceptors (Lipinski definition) is 3. The summed E-state index contributed by atoms with van der Waals surface area (Å²) in [4.78, 5) is 5.67. The number of thiazole rings is 1. The second kappa shape index (κ2) is 4.46. The molecule has 1 heterocycles. The van der Waals surface area contributed by atoms with Gasteiger partial charge in [0.1, 0.15) is 0 Å². The molecule has 0 amide bonds. The predicted octanol–water partition coefficient (Wildman–Crippen LogP) is 2.98. The van der Waals surface area contributed by atoms with Crippen LogP contribution < -0.4 is 5.32 Å². The highest BCUT2D eigenvalue weighted by molar-refractivity contribution is 7.11. The highest BCUT2D eigenvalue weighted by Gasteiger charge is 2.40. The smallest absolute Gasteiger partial charge is 0.0897 e. The Morgan fingerprint density at radius 1 is 1.38 bits per heavy atom. The van der Waals surface area contributed by atoms with Crippen molar-refractivity contribution in [1.29, 1.82) is 0 Å². The fourth-order valence-electron chi connectivity index (χ4n) is 2.62. The normalized spacial score (nSPS) is 20.6. The van der Waals surface area contributed by atoms with Gasteiger partial charge in [-0.05, 0) is 56.9 Å². The van der Waals surface area contributed by atoms with Crippen LogP contribution in [-0.2, 0) is 6.54 Å². The first kappa shape index (κ1) is 10.7. The maximum absolute atomic E-state index is 4.29. The molecule has 2 aliphatic carbocycles. The molecule has 1 aromatic rings. The lowest BCUT2D eigenvalue weighted by atomic mass is 9.98. The Morgan fingerprint density at radius 3 is 2.56 bits per heavy atom. The van der Waals surface area contributed by atoms with E-state index in [4.69, 9.17) is 0 Å². The summed E-state index contributed by atoms with van der Waals surface area (Å²) in [6, 6.07) is 0. The van der Waals surface area contributed by atoms with Gasteiger partial charge in [0.15, 0.2) is 0 Å². The zero-order chi connectivity index (χ0) is 11.0. The number of aryl methyl sites for hydroxylation is 1. The maximum atomic E-state index is 4.29. The Labute approximate surface area is 101 Å². The molecule has 0 atom stereocenters. The number of aromatic nitrogens is 1. The van der Waals surface area contributed by atoms with Gasteiger partial charge in [-0.3, -0.25) is 0 Å². The van der Waals surface area contributed by atoms with Crippen molar-refractivity contribution in [2.45, 2.75) is 39.2 Å². The van der Waals surface area contributed by atoms with Crippen LogP contribution in [0, 0.1) is 24.7 Å². The van der Waals surface area contributed by atoms with E-state index in [1.54, 1.807) is 0 Å². The fraction of sp³-hybridized carbons (Fsp3) is 0.769. The minimum absolute atomic E-state index is 0.981. The number of hydrogen-bond donors (Lipinski definition) is 1. The molecule has 3 rings (SSSR count). The van der Waals surface area contributed by atoms with Crippen molar-refractivity contribution < 1.29 is 0 Å². The minimum atomic E-state index is 0.981. The van der Waals surface area contributed by atoms with Crippen LogP contribution in [0.2, 0.25) is 0 Å². The monoisotopic (exact) mass is 236 g/mol. The molecular formula is C13H20N2S. The molecule has 2 saturated carbocycles. The average molecular weight is 236 g/mol. The predicted molar refractivity (Wildman–Crippen MR) is 67.5 cm³/mol. The Morgan fingerprint density at radius 2 is 2.06 bits per heavy atom. The zero-order valence-electron chi connectivity index (χ0n) is 9.91. The molecule has 2 fully saturated rings. The van der Waals surface area contributed by atoms with Gasteiger partial charge in [0.05, 0.1) is 5.01 Å². The van der Waals surface area contributed by atoms with Gasteiger partial charge in [-0.2, -0.15) is 0 Å². The molecule has 16 heavy (non-hydrogen) atoms. The van der Waals surface area contributed by atoms with Crippen molar-refractivity contribution in [3.05, 3.63) is 16.1 Å². The molecule has 0 bridgehead atoms. The molecule has 0 radical (unpaired) electrons. The van der Waals surface area contributed by atoms with Gasteiger partial charge in [0, 0.05) is 17.6 Å². The summed E-state index contributed by atoms with van der Waals surface area (Å²) in [5.74, 6) is 3.10. The van der Waals surface area contributed by atoms with Gasteiger partial charge in [-0.25, -0.2) is 4.98 Å². The van der Waals surface area contributed by atoms with E-state index in [0.29, 0.717) is 0 Å². The molecule has 2 aliphatic rings. The molecular weight excluding hydrogens is 216 g/mol. The summed E-state index contributed by atoms with van der Waals surface area (Å²) in [6.45, 7) is 4.32. The summed E-state index contributed by atoms with van der Waals surface area (Å²) in [5.41, 5.74) is 0. The van der Waals surface area contributed by atoms with Crippen LogP contribution >= 0.6 is 11.3 Å². The summed E-state index contributed by atoms with van der Waals surface area (Å²) < 4.78 is 0. The Bertz CT molecular complexity index is 341. The lowest BCUT2D eigenvalue weighted by Gasteiger charge is -2.15.